The minimum absolute atomic E-state index is 0.0123. The zero-order chi connectivity index (χ0) is 17.2. The fourth-order valence-corrected chi connectivity index (χ4v) is 1.87. The molecule has 7 nitrogen and oxygen atoms in total. The van der Waals surface area contributed by atoms with Gasteiger partial charge in [0.25, 0.3) is 11.6 Å². The van der Waals surface area contributed by atoms with E-state index in [1.165, 1.54) is 18.4 Å². The van der Waals surface area contributed by atoms with Crippen molar-refractivity contribution in [3.63, 3.8) is 0 Å². The maximum Gasteiger partial charge on any atom is 0.276 e. The number of hydrazone groups is 1. The fourth-order valence-electron chi connectivity index (χ4n) is 1.87. The molecule has 122 valence electrons. The van der Waals surface area contributed by atoms with Crippen molar-refractivity contribution in [2.45, 2.75) is 0 Å². The number of carbonyl (C=O) groups excluding carboxylic acids is 1. The topological polar surface area (TPSA) is 96.6 Å². The summed E-state index contributed by atoms with van der Waals surface area (Å²) in [4.78, 5) is 22.0. The van der Waals surface area contributed by atoms with Crippen LogP contribution in [0.5, 0.6) is 0 Å². The van der Waals surface area contributed by atoms with E-state index in [0.717, 1.165) is 5.69 Å². The number of nitro groups is 1. The van der Waals surface area contributed by atoms with Crippen molar-refractivity contribution < 1.29 is 9.72 Å². The maximum absolute atomic E-state index is 11.6. The first-order valence-corrected chi connectivity index (χ1v) is 7.18. The summed E-state index contributed by atoms with van der Waals surface area (Å²) < 4.78 is 0. The summed E-state index contributed by atoms with van der Waals surface area (Å²) in [5.74, 6) is -0.297. The van der Waals surface area contributed by atoms with Crippen LogP contribution in [-0.4, -0.2) is 23.6 Å². The van der Waals surface area contributed by atoms with Gasteiger partial charge in [-0.3, -0.25) is 14.9 Å². The number of hydrogen-bond acceptors (Lipinski definition) is 5. The molecule has 2 rings (SSSR count). The molecule has 2 aromatic rings. The van der Waals surface area contributed by atoms with Crippen LogP contribution in [0.1, 0.15) is 5.56 Å². The number of para-hydroxylation sites is 2. The lowest BCUT2D eigenvalue weighted by Crippen LogP contribution is -2.25. The molecule has 0 aromatic heterocycles. The Morgan fingerprint density at radius 1 is 1.12 bits per heavy atom. The van der Waals surface area contributed by atoms with E-state index in [-0.39, 0.29) is 18.1 Å². The first-order valence-electron chi connectivity index (χ1n) is 7.18. The average Bonchev–Trinajstić information content (AvgIpc) is 2.61. The number of nitrogens with zero attached hydrogens (tertiary/aromatic N) is 2. The van der Waals surface area contributed by atoms with Gasteiger partial charge in [0, 0.05) is 18.0 Å². The molecule has 0 saturated carbocycles. The molecule has 0 fully saturated rings. The fraction of sp³-hybridized carbons (Fsp3) is 0.0588. The monoisotopic (exact) mass is 324 g/mol. The molecular formula is C17H16N4O3. The number of hydrogen-bond donors (Lipinski definition) is 2. The van der Waals surface area contributed by atoms with E-state index in [1.807, 2.05) is 30.3 Å². The van der Waals surface area contributed by atoms with Crippen molar-refractivity contribution in [2.75, 3.05) is 11.9 Å². The zero-order valence-electron chi connectivity index (χ0n) is 12.8. The highest BCUT2D eigenvalue weighted by Crippen LogP contribution is 2.18. The molecule has 0 aliphatic rings. The van der Waals surface area contributed by atoms with Crippen LogP contribution in [0.15, 0.2) is 65.8 Å². The Hall–Kier alpha value is -3.48. The molecule has 0 unspecified atom stereocenters. The van der Waals surface area contributed by atoms with Gasteiger partial charge in [-0.2, -0.15) is 5.10 Å². The summed E-state index contributed by atoms with van der Waals surface area (Å²) in [5, 5.41) is 17.6. The summed E-state index contributed by atoms with van der Waals surface area (Å²) in [6.45, 7) is 0.0925. The van der Waals surface area contributed by atoms with Crippen LogP contribution in [-0.2, 0) is 4.79 Å². The number of nitrogens with one attached hydrogen (secondary N) is 2. The lowest BCUT2D eigenvalue weighted by atomic mass is 10.2. The molecule has 2 N–H and O–H groups in total. The lowest BCUT2D eigenvalue weighted by Gasteiger charge is -2.03. The van der Waals surface area contributed by atoms with Crippen LogP contribution in [0.25, 0.3) is 6.08 Å². The van der Waals surface area contributed by atoms with Gasteiger partial charge in [0.2, 0.25) is 0 Å². The highest BCUT2D eigenvalue weighted by Gasteiger charge is 2.08. The van der Waals surface area contributed by atoms with Crippen molar-refractivity contribution in [3.8, 4) is 0 Å². The molecule has 1 amide bonds. The molecule has 0 heterocycles. The van der Waals surface area contributed by atoms with Crippen LogP contribution >= 0.6 is 0 Å². The van der Waals surface area contributed by atoms with E-state index >= 15 is 0 Å². The average molecular weight is 324 g/mol. The van der Waals surface area contributed by atoms with Crippen LogP contribution in [0.4, 0.5) is 11.4 Å². The van der Waals surface area contributed by atoms with Crippen molar-refractivity contribution in [1.82, 2.24) is 5.43 Å². The molecule has 0 aliphatic carbocycles. The largest absolute Gasteiger partial charge is 0.376 e. The van der Waals surface area contributed by atoms with E-state index in [0.29, 0.717) is 5.56 Å². The predicted octanol–water partition coefficient (Wildman–Crippen LogP) is 2.82. The second-order valence-electron chi connectivity index (χ2n) is 4.71. The maximum atomic E-state index is 11.6. The summed E-state index contributed by atoms with van der Waals surface area (Å²) in [5.41, 5.74) is 3.68. The molecular weight excluding hydrogens is 308 g/mol. The summed E-state index contributed by atoms with van der Waals surface area (Å²) >= 11 is 0. The second-order valence-corrected chi connectivity index (χ2v) is 4.71. The van der Waals surface area contributed by atoms with Crippen LogP contribution in [0.3, 0.4) is 0 Å². The van der Waals surface area contributed by atoms with Gasteiger partial charge < -0.3 is 5.32 Å². The first kappa shape index (κ1) is 16.9. The Balaban J connectivity index is 1.80. The number of rotatable bonds is 7. The first-order chi connectivity index (χ1) is 11.7. The van der Waals surface area contributed by atoms with Crippen molar-refractivity contribution >= 4 is 29.6 Å². The van der Waals surface area contributed by atoms with Crippen LogP contribution < -0.4 is 10.7 Å². The van der Waals surface area contributed by atoms with Gasteiger partial charge in [0.05, 0.1) is 17.0 Å². The number of benzene rings is 2. The van der Waals surface area contributed by atoms with Crippen LogP contribution in [0, 0.1) is 10.1 Å². The third kappa shape index (κ3) is 5.38. The van der Waals surface area contributed by atoms with Crippen molar-refractivity contribution in [1.29, 1.82) is 0 Å². The highest BCUT2D eigenvalue weighted by molar-refractivity contribution is 5.84. The Bertz CT molecular complexity index is 757. The smallest absolute Gasteiger partial charge is 0.276 e. The number of carbonyl (C=O) groups is 1. The van der Waals surface area contributed by atoms with Gasteiger partial charge in [-0.15, -0.1) is 0 Å². The lowest BCUT2D eigenvalue weighted by molar-refractivity contribution is -0.385. The molecule has 0 aliphatic heterocycles. The normalized spacial score (nSPS) is 10.8. The van der Waals surface area contributed by atoms with Crippen molar-refractivity contribution in [3.05, 3.63) is 76.4 Å². The third-order valence-electron chi connectivity index (χ3n) is 2.99. The van der Waals surface area contributed by atoms with E-state index in [9.17, 15) is 14.9 Å². The highest BCUT2D eigenvalue weighted by atomic mass is 16.6. The minimum atomic E-state index is -0.451. The standard InChI is InChI=1S/C17H16N4O3/c22-17(13-18-15-9-2-1-3-10-15)20-19-12-6-8-14-7-4-5-11-16(14)21(23)24/h1-12,18H,13H2,(H,20,22)/b8-6+,19-12-. The molecule has 0 bridgehead atoms. The predicted molar refractivity (Wildman–Crippen MR) is 93.7 cm³/mol. The zero-order valence-corrected chi connectivity index (χ0v) is 12.8. The molecule has 2 aromatic carbocycles. The van der Waals surface area contributed by atoms with Gasteiger partial charge in [-0.1, -0.05) is 30.3 Å². The molecule has 0 radical (unpaired) electrons. The third-order valence-corrected chi connectivity index (χ3v) is 2.99. The van der Waals surface area contributed by atoms with E-state index in [2.05, 4.69) is 15.8 Å². The Morgan fingerprint density at radius 3 is 2.58 bits per heavy atom. The van der Waals surface area contributed by atoms with Crippen molar-refractivity contribution in [2.24, 2.45) is 5.10 Å². The SMILES string of the molecule is O=C(CNc1ccccc1)N/N=C\C=C\c1ccccc1[N+](=O)[O-]. The quantitative estimate of drug-likeness (QED) is 0.465. The number of allylic oxidation sites excluding steroid dienone is 1. The van der Waals surface area contributed by atoms with Gasteiger partial charge in [-0.05, 0) is 30.4 Å². The Morgan fingerprint density at radius 2 is 1.83 bits per heavy atom. The van der Waals surface area contributed by atoms with E-state index in [4.69, 9.17) is 0 Å². The number of amides is 1. The Kier molecular flexibility index (Phi) is 6.22. The molecule has 0 saturated heterocycles. The van der Waals surface area contributed by atoms with E-state index < -0.39 is 4.92 Å². The minimum Gasteiger partial charge on any atom is -0.376 e. The number of nitro benzene ring substituents is 1. The number of anilines is 1. The molecule has 24 heavy (non-hydrogen) atoms. The van der Waals surface area contributed by atoms with Gasteiger partial charge in [0.15, 0.2) is 0 Å². The van der Waals surface area contributed by atoms with Gasteiger partial charge in [0.1, 0.15) is 0 Å². The molecule has 7 heteroatoms. The Labute approximate surface area is 138 Å². The van der Waals surface area contributed by atoms with E-state index in [1.54, 1.807) is 24.3 Å². The summed E-state index contributed by atoms with van der Waals surface area (Å²) in [7, 11) is 0. The summed E-state index contributed by atoms with van der Waals surface area (Å²) in [6, 6.07) is 15.7. The summed E-state index contributed by atoms with van der Waals surface area (Å²) in [6.07, 6.45) is 4.43. The van der Waals surface area contributed by atoms with Gasteiger partial charge >= 0.3 is 0 Å². The molecule has 0 atom stereocenters. The molecule has 0 spiro atoms. The second kappa shape index (κ2) is 8.84. The van der Waals surface area contributed by atoms with Crippen LogP contribution in [0.2, 0.25) is 0 Å². The van der Waals surface area contributed by atoms with Gasteiger partial charge in [-0.25, -0.2) is 5.43 Å².